The zero-order valence-corrected chi connectivity index (χ0v) is 13.6. The van der Waals surface area contributed by atoms with E-state index in [2.05, 4.69) is 10.6 Å². The molecule has 22 heavy (non-hydrogen) atoms. The summed E-state index contributed by atoms with van der Waals surface area (Å²) in [6.45, 7) is 0.579. The first-order valence-corrected chi connectivity index (χ1v) is 7.74. The third-order valence-corrected chi connectivity index (χ3v) is 3.57. The Kier molecular flexibility index (Phi) is 7.30. The largest absolute Gasteiger partial charge is 0.455 e. The molecule has 1 amide bonds. The number of amides is 1. The summed E-state index contributed by atoms with van der Waals surface area (Å²) in [5.74, 6) is 2.63. The highest BCUT2D eigenvalue weighted by Gasteiger charge is 2.12. The highest BCUT2D eigenvalue weighted by Crippen LogP contribution is 2.16. The van der Waals surface area contributed by atoms with E-state index < -0.39 is 4.92 Å². The van der Waals surface area contributed by atoms with Gasteiger partial charge in [0.15, 0.2) is 11.6 Å². The summed E-state index contributed by atoms with van der Waals surface area (Å²) >= 11 is 1.61. The normalized spacial score (nSPS) is 11.1. The number of nitrogens with zero attached hydrogens (tertiary/aromatic N) is 2. The van der Waals surface area contributed by atoms with Crippen molar-refractivity contribution in [2.24, 2.45) is 0 Å². The number of rotatable bonds is 9. The molecule has 0 aliphatic heterocycles. The number of nitro groups is 1. The monoisotopic (exact) mass is 328 g/mol. The van der Waals surface area contributed by atoms with Gasteiger partial charge in [-0.3, -0.25) is 14.9 Å². The molecule has 0 saturated carbocycles. The molecular weight excluding hydrogens is 308 g/mol. The standard InChI is InChI=1S/C13H20N4O4S/c1-14-12(8-17(19)20)15-6-7-22-9-10-4-5-11(21-10)13(18)16(2)3/h4-5,8,14-15H,6-7,9H2,1-3H3/b12-8+. The number of carbonyl (C=O) groups is 1. The van der Waals surface area contributed by atoms with E-state index >= 15 is 0 Å². The average molecular weight is 328 g/mol. The first kappa shape index (κ1) is 17.9. The lowest BCUT2D eigenvalue weighted by Crippen LogP contribution is -2.26. The van der Waals surface area contributed by atoms with Crippen LogP contribution in [-0.4, -0.2) is 49.2 Å². The average Bonchev–Trinajstić information content (AvgIpc) is 2.93. The van der Waals surface area contributed by atoms with Crippen molar-refractivity contribution in [1.29, 1.82) is 0 Å². The van der Waals surface area contributed by atoms with Gasteiger partial charge in [-0.1, -0.05) is 0 Å². The fourth-order valence-corrected chi connectivity index (χ4v) is 2.27. The first-order valence-electron chi connectivity index (χ1n) is 6.59. The van der Waals surface area contributed by atoms with Gasteiger partial charge >= 0.3 is 0 Å². The van der Waals surface area contributed by atoms with E-state index in [-0.39, 0.29) is 5.91 Å². The van der Waals surface area contributed by atoms with Gasteiger partial charge in [0.1, 0.15) is 5.76 Å². The maximum absolute atomic E-state index is 11.7. The van der Waals surface area contributed by atoms with Crippen molar-refractivity contribution in [3.8, 4) is 0 Å². The summed E-state index contributed by atoms with van der Waals surface area (Å²) < 4.78 is 5.46. The second-order valence-corrected chi connectivity index (χ2v) is 5.63. The maximum atomic E-state index is 11.7. The molecule has 2 N–H and O–H groups in total. The SMILES string of the molecule is CN/C(=C\[N+](=O)[O-])NCCSCc1ccc(C(=O)N(C)C)o1. The minimum Gasteiger partial charge on any atom is -0.455 e. The van der Waals surface area contributed by atoms with E-state index in [9.17, 15) is 14.9 Å². The molecule has 0 atom stereocenters. The molecule has 1 aromatic heterocycles. The third-order valence-electron chi connectivity index (χ3n) is 2.59. The van der Waals surface area contributed by atoms with E-state index in [1.165, 1.54) is 4.90 Å². The van der Waals surface area contributed by atoms with Gasteiger partial charge in [-0.05, 0) is 12.1 Å². The molecule has 8 nitrogen and oxygen atoms in total. The van der Waals surface area contributed by atoms with E-state index in [0.29, 0.717) is 23.9 Å². The van der Waals surface area contributed by atoms with Gasteiger partial charge in [0.05, 0.1) is 10.7 Å². The Morgan fingerprint density at radius 3 is 2.82 bits per heavy atom. The van der Waals surface area contributed by atoms with Crippen LogP contribution in [0.15, 0.2) is 28.6 Å². The highest BCUT2D eigenvalue weighted by molar-refractivity contribution is 7.98. The first-order chi connectivity index (χ1) is 10.4. The molecule has 1 heterocycles. The molecule has 1 aromatic rings. The second kappa shape index (κ2) is 8.98. The minimum atomic E-state index is -0.516. The van der Waals surface area contributed by atoms with Crippen molar-refractivity contribution in [2.45, 2.75) is 5.75 Å². The van der Waals surface area contributed by atoms with Gasteiger partial charge in [0.2, 0.25) is 0 Å². The molecule has 0 radical (unpaired) electrons. The molecular formula is C13H20N4O4S. The summed E-state index contributed by atoms with van der Waals surface area (Å²) in [5, 5.41) is 16.0. The molecule has 0 fully saturated rings. The smallest absolute Gasteiger partial charge is 0.289 e. The fraction of sp³-hybridized carbons (Fsp3) is 0.462. The van der Waals surface area contributed by atoms with Crippen LogP contribution < -0.4 is 10.6 Å². The number of carbonyl (C=O) groups excluding carboxylic acids is 1. The Labute approximate surface area is 133 Å². The summed E-state index contributed by atoms with van der Waals surface area (Å²) in [6.07, 6.45) is 0.885. The zero-order valence-electron chi connectivity index (χ0n) is 12.8. The molecule has 0 unspecified atom stereocenters. The van der Waals surface area contributed by atoms with E-state index in [0.717, 1.165) is 17.7 Å². The van der Waals surface area contributed by atoms with Gasteiger partial charge in [0, 0.05) is 33.4 Å². The van der Waals surface area contributed by atoms with Crippen molar-refractivity contribution in [1.82, 2.24) is 15.5 Å². The molecule has 0 aromatic carbocycles. The van der Waals surface area contributed by atoms with Crippen LogP contribution in [0.1, 0.15) is 16.3 Å². The predicted octanol–water partition coefficient (Wildman–Crippen LogP) is 1.10. The van der Waals surface area contributed by atoms with Crippen molar-refractivity contribution in [3.63, 3.8) is 0 Å². The summed E-state index contributed by atoms with van der Waals surface area (Å²) in [5.41, 5.74) is 0. The number of hydrogen-bond acceptors (Lipinski definition) is 7. The Bertz CT molecular complexity index is 542. The van der Waals surface area contributed by atoms with Gasteiger partial charge in [0.25, 0.3) is 12.1 Å². The van der Waals surface area contributed by atoms with Crippen molar-refractivity contribution >= 4 is 17.7 Å². The number of nitrogens with one attached hydrogen (secondary N) is 2. The van der Waals surface area contributed by atoms with E-state index in [1.54, 1.807) is 45.0 Å². The molecule has 0 bridgehead atoms. The second-order valence-electron chi connectivity index (χ2n) is 4.52. The maximum Gasteiger partial charge on any atom is 0.289 e. The Morgan fingerprint density at radius 2 is 2.23 bits per heavy atom. The lowest BCUT2D eigenvalue weighted by molar-refractivity contribution is -0.404. The van der Waals surface area contributed by atoms with Crippen molar-refractivity contribution in [2.75, 3.05) is 33.4 Å². The molecule has 0 spiro atoms. The van der Waals surface area contributed by atoms with Gasteiger partial charge in [-0.25, -0.2) is 0 Å². The van der Waals surface area contributed by atoms with Crippen LogP contribution in [0.3, 0.4) is 0 Å². The molecule has 122 valence electrons. The van der Waals surface area contributed by atoms with Crippen LogP contribution in [-0.2, 0) is 5.75 Å². The van der Waals surface area contributed by atoms with Crippen LogP contribution in [0.25, 0.3) is 0 Å². The molecule has 9 heteroatoms. The topological polar surface area (TPSA) is 101 Å². The third kappa shape index (κ3) is 6.08. The van der Waals surface area contributed by atoms with Crippen LogP contribution in [0, 0.1) is 10.1 Å². The molecule has 1 rings (SSSR count). The molecule has 0 aliphatic rings. The number of hydrogen-bond donors (Lipinski definition) is 2. The van der Waals surface area contributed by atoms with Gasteiger partial charge in [-0.2, -0.15) is 11.8 Å². The lowest BCUT2D eigenvalue weighted by atomic mass is 10.4. The summed E-state index contributed by atoms with van der Waals surface area (Å²) in [6, 6.07) is 3.44. The Morgan fingerprint density at radius 1 is 1.50 bits per heavy atom. The number of thioether (sulfide) groups is 1. The van der Waals surface area contributed by atoms with Gasteiger partial charge < -0.3 is 20.0 Å². The highest BCUT2D eigenvalue weighted by atomic mass is 32.2. The molecule has 0 saturated heterocycles. The Hall–Kier alpha value is -2.16. The lowest BCUT2D eigenvalue weighted by Gasteiger charge is -2.07. The van der Waals surface area contributed by atoms with Crippen molar-refractivity contribution in [3.05, 3.63) is 45.8 Å². The summed E-state index contributed by atoms with van der Waals surface area (Å²) in [7, 11) is 4.95. The fourth-order valence-electron chi connectivity index (χ4n) is 1.53. The number of furan rings is 1. The van der Waals surface area contributed by atoms with Crippen LogP contribution >= 0.6 is 11.8 Å². The van der Waals surface area contributed by atoms with Gasteiger partial charge in [-0.15, -0.1) is 0 Å². The predicted molar refractivity (Wildman–Crippen MR) is 85.0 cm³/mol. The van der Waals surface area contributed by atoms with E-state index in [1.807, 2.05) is 0 Å². The van der Waals surface area contributed by atoms with E-state index in [4.69, 9.17) is 4.42 Å². The van der Waals surface area contributed by atoms with Crippen LogP contribution in [0.5, 0.6) is 0 Å². The Balaban J connectivity index is 2.31. The molecule has 0 aliphatic carbocycles. The minimum absolute atomic E-state index is 0.165. The quantitative estimate of drug-likeness (QED) is 0.398. The van der Waals surface area contributed by atoms with Crippen molar-refractivity contribution < 1.29 is 14.1 Å². The summed E-state index contributed by atoms with van der Waals surface area (Å²) in [4.78, 5) is 23.0. The van der Waals surface area contributed by atoms with Crippen LogP contribution in [0.4, 0.5) is 0 Å². The zero-order chi connectivity index (χ0) is 16.5. The van der Waals surface area contributed by atoms with Crippen LogP contribution in [0.2, 0.25) is 0 Å².